The van der Waals surface area contributed by atoms with E-state index in [2.05, 4.69) is 5.32 Å². The number of hydrogen-bond donors (Lipinski definition) is 2. The fraction of sp³-hybridized carbons (Fsp3) is 0.500. The molecule has 106 valence electrons. The first-order chi connectivity index (χ1) is 8.97. The summed E-state index contributed by atoms with van der Waals surface area (Å²) in [5.41, 5.74) is 0.211. The predicted molar refractivity (Wildman–Crippen MR) is 71.3 cm³/mol. The molecule has 0 aliphatic carbocycles. The number of hydrogen-bond acceptors (Lipinski definition) is 3. The van der Waals surface area contributed by atoms with Crippen LogP contribution in [0.25, 0.3) is 0 Å². The van der Waals surface area contributed by atoms with Crippen LogP contribution >= 0.6 is 0 Å². The maximum absolute atomic E-state index is 12.4. The van der Waals surface area contributed by atoms with Crippen molar-refractivity contribution >= 4 is 5.91 Å². The molecular weight excluding hydrogens is 249 g/mol. The summed E-state index contributed by atoms with van der Waals surface area (Å²) in [6, 6.07) is 5.14. The van der Waals surface area contributed by atoms with Gasteiger partial charge in [0, 0.05) is 17.5 Å². The first kappa shape index (κ1) is 15.4. The fourth-order valence-corrected chi connectivity index (χ4v) is 1.81. The first-order valence-corrected chi connectivity index (χ1v) is 6.10. The third kappa shape index (κ3) is 3.67. The van der Waals surface area contributed by atoms with Crippen molar-refractivity contribution in [2.75, 3.05) is 20.4 Å². The van der Waals surface area contributed by atoms with Crippen molar-refractivity contribution in [3.63, 3.8) is 0 Å². The molecule has 1 unspecified atom stereocenters. The minimum Gasteiger partial charge on any atom is -0.496 e. The molecule has 1 amide bonds. The standard InChI is InChI=1S/C14H20FNO3/c1-10-11(5-4-6-12(10)19-3)13(18)16-14(2,9-17)7-8-15/h4-6,17H,7-9H2,1-3H3,(H,16,18). The van der Waals surface area contributed by atoms with Gasteiger partial charge in [0.05, 0.1) is 25.9 Å². The van der Waals surface area contributed by atoms with Crippen molar-refractivity contribution in [3.8, 4) is 5.75 Å². The van der Waals surface area contributed by atoms with E-state index in [1.807, 2.05) is 0 Å². The number of ether oxygens (including phenoxy) is 1. The van der Waals surface area contributed by atoms with Crippen molar-refractivity contribution in [1.82, 2.24) is 5.32 Å². The molecule has 0 fully saturated rings. The minimum atomic E-state index is -0.957. The summed E-state index contributed by atoms with van der Waals surface area (Å²) < 4.78 is 17.6. The van der Waals surface area contributed by atoms with Crippen LogP contribution in [0.5, 0.6) is 5.75 Å². The third-order valence-electron chi connectivity index (χ3n) is 3.16. The van der Waals surface area contributed by atoms with Gasteiger partial charge in [-0.3, -0.25) is 9.18 Å². The van der Waals surface area contributed by atoms with Gasteiger partial charge in [0.15, 0.2) is 0 Å². The average Bonchev–Trinajstić information content (AvgIpc) is 2.39. The average molecular weight is 269 g/mol. The lowest BCUT2D eigenvalue weighted by Gasteiger charge is -2.28. The molecular formula is C14H20FNO3. The Morgan fingerprint density at radius 2 is 2.21 bits per heavy atom. The smallest absolute Gasteiger partial charge is 0.252 e. The number of amides is 1. The predicted octanol–water partition coefficient (Wildman–Crippen LogP) is 1.84. The number of alkyl halides is 1. The highest BCUT2D eigenvalue weighted by Gasteiger charge is 2.26. The van der Waals surface area contributed by atoms with Crippen molar-refractivity contribution in [2.24, 2.45) is 0 Å². The number of methoxy groups -OCH3 is 1. The van der Waals surface area contributed by atoms with Crippen molar-refractivity contribution in [1.29, 1.82) is 0 Å². The van der Waals surface area contributed by atoms with Crippen LogP contribution in [0, 0.1) is 6.92 Å². The number of aliphatic hydroxyl groups excluding tert-OH is 1. The SMILES string of the molecule is COc1cccc(C(=O)NC(C)(CO)CCF)c1C. The summed E-state index contributed by atoms with van der Waals surface area (Å²) in [7, 11) is 1.53. The Labute approximate surface area is 112 Å². The number of carbonyl (C=O) groups excluding carboxylic acids is 1. The molecule has 0 saturated carbocycles. The summed E-state index contributed by atoms with van der Waals surface area (Å²) in [6.07, 6.45) is 0.0677. The molecule has 0 heterocycles. The second kappa shape index (κ2) is 6.52. The molecule has 0 aliphatic rings. The normalized spacial score (nSPS) is 13.7. The van der Waals surface area contributed by atoms with Crippen molar-refractivity contribution in [3.05, 3.63) is 29.3 Å². The molecule has 0 aliphatic heterocycles. The Kier molecular flexibility index (Phi) is 5.30. The highest BCUT2D eigenvalue weighted by atomic mass is 19.1. The molecule has 4 nitrogen and oxygen atoms in total. The molecule has 1 aromatic rings. The molecule has 0 radical (unpaired) electrons. The lowest BCUT2D eigenvalue weighted by Crippen LogP contribution is -2.49. The summed E-state index contributed by atoms with van der Waals surface area (Å²) in [5.74, 6) is 0.269. The van der Waals surface area contributed by atoms with E-state index in [0.717, 1.165) is 0 Å². The van der Waals surface area contributed by atoms with Gasteiger partial charge in [-0.1, -0.05) is 6.07 Å². The van der Waals surface area contributed by atoms with Gasteiger partial charge in [0.25, 0.3) is 5.91 Å². The van der Waals surface area contributed by atoms with Gasteiger partial charge in [0.1, 0.15) is 5.75 Å². The van der Waals surface area contributed by atoms with E-state index in [-0.39, 0.29) is 18.9 Å². The molecule has 2 N–H and O–H groups in total. The lowest BCUT2D eigenvalue weighted by molar-refractivity contribution is 0.0832. The monoisotopic (exact) mass is 269 g/mol. The van der Waals surface area contributed by atoms with E-state index >= 15 is 0 Å². The Morgan fingerprint density at radius 3 is 2.74 bits per heavy atom. The Hall–Kier alpha value is -1.62. The topological polar surface area (TPSA) is 58.6 Å². The van der Waals surface area contributed by atoms with Crippen LogP contribution in [0.4, 0.5) is 4.39 Å². The summed E-state index contributed by atoms with van der Waals surface area (Å²) >= 11 is 0. The van der Waals surface area contributed by atoms with Gasteiger partial charge < -0.3 is 15.2 Å². The highest BCUT2D eigenvalue weighted by molar-refractivity contribution is 5.96. The molecule has 0 bridgehead atoms. The summed E-state index contributed by atoms with van der Waals surface area (Å²) in [4.78, 5) is 12.2. The quantitative estimate of drug-likeness (QED) is 0.828. The van der Waals surface area contributed by atoms with Crippen LogP contribution in [0.1, 0.15) is 29.3 Å². The highest BCUT2D eigenvalue weighted by Crippen LogP contribution is 2.21. The van der Waals surface area contributed by atoms with Crippen LogP contribution in [0.15, 0.2) is 18.2 Å². The zero-order valence-corrected chi connectivity index (χ0v) is 11.5. The van der Waals surface area contributed by atoms with E-state index < -0.39 is 12.2 Å². The second-order valence-corrected chi connectivity index (χ2v) is 4.74. The van der Waals surface area contributed by atoms with Gasteiger partial charge >= 0.3 is 0 Å². The largest absolute Gasteiger partial charge is 0.496 e. The van der Waals surface area contributed by atoms with Crippen molar-refractivity contribution in [2.45, 2.75) is 25.8 Å². The van der Waals surface area contributed by atoms with E-state index in [4.69, 9.17) is 4.74 Å². The maximum Gasteiger partial charge on any atom is 0.252 e. The van der Waals surface area contributed by atoms with Gasteiger partial charge in [-0.2, -0.15) is 0 Å². The van der Waals surface area contributed by atoms with Crippen LogP contribution < -0.4 is 10.1 Å². The molecule has 0 aromatic heterocycles. The molecule has 1 aromatic carbocycles. The van der Waals surface area contributed by atoms with Gasteiger partial charge in [-0.15, -0.1) is 0 Å². The van der Waals surface area contributed by atoms with Crippen LogP contribution in [0.3, 0.4) is 0 Å². The number of halogens is 1. The van der Waals surface area contributed by atoms with Crippen LogP contribution in [0.2, 0.25) is 0 Å². The van der Waals surface area contributed by atoms with Crippen LogP contribution in [-0.4, -0.2) is 36.9 Å². The molecule has 5 heteroatoms. The molecule has 0 saturated heterocycles. The maximum atomic E-state index is 12.4. The van der Waals surface area contributed by atoms with E-state index in [9.17, 15) is 14.3 Å². The molecule has 1 atom stereocenters. The number of benzene rings is 1. The van der Waals surface area contributed by atoms with Gasteiger partial charge in [0.2, 0.25) is 0 Å². The summed E-state index contributed by atoms with van der Waals surface area (Å²) in [5, 5.41) is 11.9. The first-order valence-electron chi connectivity index (χ1n) is 6.10. The van der Waals surface area contributed by atoms with E-state index in [1.165, 1.54) is 7.11 Å². The van der Waals surface area contributed by atoms with Gasteiger partial charge in [-0.05, 0) is 26.0 Å². The summed E-state index contributed by atoms with van der Waals surface area (Å²) in [6.45, 7) is 2.47. The molecule has 1 rings (SSSR count). The third-order valence-corrected chi connectivity index (χ3v) is 3.16. The Morgan fingerprint density at radius 1 is 1.53 bits per heavy atom. The fourth-order valence-electron chi connectivity index (χ4n) is 1.81. The number of rotatable bonds is 6. The van der Waals surface area contributed by atoms with Crippen LogP contribution in [-0.2, 0) is 0 Å². The van der Waals surface area contributed by atoms with E-state index in [1.54, 1.807) is 32.0 Å². The minimum absolute atomic E-state index is 0.0677. The molecule has 0 spiro atoms. The number of nitrogens with one attached hydrogen (secondary N) is 1. The molecule has 19 heavy (non-hydrogen) atoms. The number of carbonyl (C=O) groups is 1. The lowest BCUT2D eigenvalue weighted by atomic mass is 9.98. The zero-order chi connectivity index (χ0) is 14.5. The Bertz CT molecular complexity index is 450. The Balaban J connectivity index is 2.95. The second-order valence-electron chi connectivity index (χ2n) is 4.74. The zero-order valence-electron chi connectivity index (χ0n) is 11.5. The van der Waals surface area contributed by atoms with E-state index in [0.29, 0.717) is 16.9 Å². The number of aliphatic hydroxyl groups is 1. The van der Waals surface area contributed by atoms with Crippen molar-refractivity contribution < 1.29 is 19.0 Å². The van der Waals surface area contributed by atoms with Gasteiger partial charge in [-0.25, -0.2) is 0 Å².